The van der Waals surface area contributed by atoms with E-state index in [0.717, 1.165) is 22.3 Å². The van der Waals surface area contributed by atoms with E-state index in [1.165, 1.54) is 23.3 Å². The van der Waals surface area contributed by atoms with Crippen molar-refractivity contribution in [3.8, 4) is 11.1 Å². The molecule has 0 N–H and O–H groups in total. The van der Waals surface area contributed by atoms with E-state index in [0.29, 0.717) is 0 Å². The Morgan fingerprint density at radius 2 is 1.12 bits per heavy atom. The van der Waals surface area contributed by atoms with Gasteiger partial charge in [0.25, 0.3) is 0 Å². The van der Waals surface area contributed by atoms with Crippen molar-refractivity contribution in [2.75, 3.05) is 0 Å². The second kappa shape index (κ2) is 9.69. The van der Waals surface area contributed by atoms with E-state index in [-0.39, 0.29) is 15.7 Å². The minimum absolute atomic E-state index is 0.00475. The summed E-state index contributed by atoms with van der Waals surface area (Å²) in [7, 11) is -4.34. The van der Waals surface area contributed by atoms with Gasteiger partial charge in [-0.25, -0.2) is 12.8 Å². The molecule has 1 heterocycles. The van der Waals surface area contributed by atoms with E-state index in [2.05, 4.69) is 77.9 Å². The molecule has 3 aromatic carbocycles. The van der Waals surface area contributed by atoms with Gasteiger partial charge >= 0.3 is 11.5 Å². The Bertz CT molecular complexity index is 1350. The van der Waals surface area contributed by atoms with Crippen molar-refractivity contribution in [1.82, 2.24) is 0 Å². The van der Waals surface area contributed by atoms with E-state index in [9.17, 15) is 13.0 Å². The van der Waals surface area contributed by atoms with Crippen LogP contribution in [0.3, 0.4) is 0 Å². The van der Waals surface area contributed by atoms with Crippen LogP contribution in [0.5, 0.6) is 0 Å². The Balaban J connectivity index is 0.000000202. The number of hydrogen-bond donors (Lipinski definition) is 0. The Labute approximate surface area is 203 Å². The normalized spacial score (nSPS) is 12.2. The maximum atomic E-state index is 10.7. The molecule has 0 spiro atoms. The molecule has 0 radical (unpaired) electrons. The highest BCUT2D eigenvalue weighted by atomic mass is 32.2. The molecule has 0 aliphatic rings. The zero-order valence-corrected chi connectivity index (χ0v) is 21.4. The summed E-state index contributed by atoms with van der Waals surface area (Å²) < 4.78 is 38.3. The molecule has 0 fully saturated rings. The molecule has 0 amide bonds. The molecule has 1 aromatic heterocycles. The molecule has 0 aliphatic heterocycles. The van der Waals surface area contributed by atoms with Crippen molar-refractivity contribution in [1.29, 1.82) is 0 Å². The highest BCUT2D eigenvalue weighted by Gasteiger charge is 2.33. The summed E-state index contributed by atoms with van der Waals surface area (Å²) >= 11 is 0. The van der Waals surface area contributed by atoms with Gasteiger partial charge in [-0.1, -0.05) is 60.7 Å². The number of rotatable bonds is 2. The van der Waals surface area contributed by atoms with Crippen LogP contribution in [0.25, 0.3) is 21.9 Å². The molecule has 0 saturated carbocycles. The van der Waals surface area contributed by atoms with Crippen molar-refractivity contribution in [3.05, 3.63) is 96.4 Å². The second-order valence-electron chi connectivity index (χ2n) is 10.4. The van der Waals surface area contributed by atoms with E-state index in [1.807, 2.05) is 18.2 Å². The fourth-order valence-electron chi connectivity index (χ4n) is 3.36. The van der Waals surface area contributed by atoms with Crippen LogP contribution in [0.1, 0.15) is 53.1 Å². The minimum atomic E-state index is -4.34. The molecule has 0 atom stereocenters. The Morgan fingerprint density at radius 1 is 0.618 bits per heavy atom. The van der Waals surface area contributed by atoms with Crippen LogP contribution in [0.4, 0.5) is 0 Å². The third kappa shape index (κ3) is 6.52. The van der Waals surface area contributed by atoms with Gasteiger partial charge in [0, 0.05) is 12.1 Å². The molecule has 4 nitrogen and oxygen atoms in total. The number of fused-ring (bicyclic) bond motifs is 1. The van der Waals surface area contributed by atoms with E-state index >= 15 is 0 Å². The highest BCUT2D eigenvalue weighted by molar-refractivity contribution is 7.85. The van der Waals surface area contributed by atoms with Gasteiger partial charge < -0.3 is 4.55 Å². The van der Waals surface area contributed by atoms with Crippen LogP contribution in [-0.4, -0.2) is 13.0 Å². The second-order valence-corrected chi connectivity index (χ2v) is 11.8. The van der Waals surface area contributed by atoms with Crippen LogP contribution in [0.15, 0.2) is 94.2 Å². The zero-order valence-electron chi connectivity index (χ0n) is 20.6. The van der Waals surface area contributed by atoms with Gasteiger partial charge in [0.1, 0.15) is 10.1 Å². The Hall–Kier alpha value is -3.02. The Kier molecular flexibility index (Phi) is 7.29. The lowest BCUT2D eigenvalue weighted by Crippen LogP contribution is -2.16. The van der Waals surface area contributed by atoms with E-state index in [1.54, 1.807) is 18.2 Å². The molecule has 0 unspecified atom stereocenters. The molecular formula is C29H32O4S. The van der Waals surface area contributed by atoms with Gasteiger partial charge in [-0.3, -0.25) is 0 Å². The first-order valence-electron chi connectivity index (χ1n) is 11.2. The maximum absolute atomic E-state index is 10.7. The molecule has 4 rings (SSSR count). The van der Waals surface area contributed by atoms with Gasteiger partial charge in [0.2, 0.25) is 0 Å². The average Bonchev–Trinajstić information content (AvgIpc) is 2.78. The van der Waals surface area contributed by atoms with Crippen molar-refractivity contribution >= 4 is 20.9 Å². The lowest BCUT2D eigenvalue weighted by molar-refractivity contribution is 0.329. The van der Waals surface area contributed by atoms with E-state index < -0.39 is 10.1 Å². The highest BCUT2D eigenvalue weighted by Crippen LogP contribution is 2.33. The van der Waals surface area contributed by atoms with Crippen LogP contribution in [0, 0.1) is 0 Å². The molecule has 178 valence electrons. The summed E-state index contributed by atoms with van der Waals surface area (Å²) in [5, 5.41) is 1.67. The molecule has 0 aliphatic carbocycles. The van der Waals surface area contributed by atoms with Crippen LogP contribution < -0.4 is 0 Å². The SMILES string of the molecule is CC(C)(C)c1cc(-c2ccccc2)cc(C(C)(C)C)[o+]1.O=S(=O)([O-])c1ccc2ccccc2c1. The summed E-state index contributed by atoms with van der Waals surface area (Å²) in [6.07, 6.45) is 0. The van der Waals surface area contributed by atoms with Gasteiger partial charge in [-0.2, -0.15) is 0 Å². The quantitative estimate of drug-likeness (QED) is 0.221. The van der Waals surface area contributed by atoms with Crippen molar-refractivity contribution < 1.29 is 17.4 Å². The number of hydrogen-bond acceptors (Lipinski definition) is 3. The Morgan fingerprint density at radius 3 is 1.62 bits per heavy atom. The van der Waals surface area contributed by atoms with Gasteiger partial charge in [-0.05, 0) is 75.6 Å². The van der Waals surface area contributed by atoms with Crippen LogP contribution >= 0.6 is 0 Å². The molecule has 5 heteroatoms. The summed E-state index contributed by atoms with van der Waals surface area (Å²) in [6, 6.07) is 26.4. The third-order valence-electron chi connectivity index (χ3n) is 5.39. The van der Waals surface area contributed by atoms with Crippen molar-refractivity contribution in [3.63, 3.8) is 0 Å². The van der Waals surface area contributed by atoms with Gasteiger partial charge in [0.05, 0.1) is 15.7 Å². The average molecular weight is 477 g/mol. The van der Waals surface area contributed by atoms with Crippen LogP contribution in [0.2, 0.25) is 0 Å². The lowest BCUT2D eigenvalue weighted by Gasteiger charge is -2.15. The van der Waals surface area contributed by atoms with Gasteiger partial charge in [-0.15, -0.1) is 0 Å². The summed E-state index contributed by atoms with van der Waals surface area (Å²) in [4.78, 5) is -0.184. The largest absolute Gasteiger partial charge is 0.744 e. The van der Waals surface area contributed by atoms with E-state index in [4.69, 9.17) is 4.42 Å². The van der Waals surface area contributed by atoms with Crippen molar-refractivity contribution in [2.45, 2.75) is 57.3 Å². The topological polar surface area (TPSA) is 68.5 Å². The maximum Gasteiger partial charge on any atom is 0.335 e. The summed E-state index contributed by atoms with van der Waals surface area (Å²) in [6.45, 7) is 13.1. The smallest absolute Gasteiger partial charge is 0.335 e. The third-order valence-corrected chi connectivity index (χ3v) is 6.22. The number of benzene rings is 3. The van der Waals surface area contributed by atoms with Gasteiger partial charge in [0.15, 0.2) is 0 Å². The summed E-state index contributed by atoms with van der Waals surface area (Å²) in [5.74, 6) is 2.06. The van der Waals surface area contributed by atoms with Crippen LogP contribution in [-0.2, 0) is 20.9 Å². The molecule has 0 saturated heterocycles. The first-order valence-corrected chi connectivity index (χ1v) is 12.7. The predicted molar refractivity (Wildman–Crippen MR) is 138 cm³/mol. The predicted octanol–water partition coefficient (Wildman–Crippen LogP) is 7.57. The molecule has 4 aromatic rings. The standard InChI is InChI=1S/C19H25O.C10H8O3S/c1-18(2,3)16-12-15(14-10-8-7-9-11-14)13-17(20-16)19(4,5)6;11-14(12,13)10-6-5-8-3-1-2-4-9(8)7-10/h7-13H,1-6H3;1-7H,(H,11,12,13)/q+1;/p-1. The zero-order chi connectivity index (χ0) is 25.1. The van der Waals surface area contributed by atoms with Crippen molar-refractivity contribution in [2.24, 2.45) is 0 Å². The first kappa shape index (κ1) is 25.6. The minimum Gasteiger partial charge on any atom is -0.744 e. The fraction of sp³-hybridized carbons (Fsp3) is 0.276. The molecular weight excluding hydrogens is 444 g/mol. The molecule has 34 heavy (non-hydrogen) atoms. The summed E-state index contributed by atoms with van der Waals surface area (Å²) in [5.41, 5.74) is 2.47. The lowest BCUT2D eigenvalue weighted by atomic mass is 9.87. The fourth-order valence-corrected chi connectivity index (χ4v) is 3.87. The monoisotopic (exact) mass is 476 g/mol. The molecule has 0 bridgehead atoms. The first-order chi connectivity index (χ1) is 15.7.